The number of ether oxygens (including phenoxy) is 1. The lowest BCUT2D eigenvalue weighted by Gasteiger charge is -2.16. The van der Waals surface area contributed by atoms with Gasteiger partial charge in [0.05, 0.1) is 6.61 Å². The normalized spacial score (nSPS) is 32.9. The van der Waals surface area contributed by atoms with Crippen LogP contribution in [0, 0.1) is 0 Å². The second-order valence-electron chi connectivity index (χ2n) is 3.75. The number of aromatic amines is 1. The van der Waals surface area contributed by atoms with Gasteiger partial charge in [-0.2, -0.15) is 0 Å². The third-order valence-corrected chi connectivity index (χ3v) is 2.64. The summed E-state index contributed by atoms with van der Waals surface area (Å²) in [6.07, 6.45) is -3.58. The van der Waals surface area contributed by atoms with Gasteiger partial charge in [0.15, 0.2) is 6.23 Å². The molecular formula is C9H12N2O6. The van der Waals surface area contributed by atoms with E-state index in [2.05, 4.69) is 0 Å². The number of aliphatic hydroxyl groups excluding tert-OH is 3. The SMILES string of the molecule is O=c1cc[15n]([C@@H]2O[C@H]([13CH2]O)[C@@H](O)[C@H]2O)c(=O)[15nH]1. The predicted molar refractivity (Wildman–Crippen MR) is 54.3 cm³/mol. The van der Waals surface area contributed by atoms with E-state index in [1.807, 2.05) is 4.98 Å². The Morgan fingerprint density at radius 2 is 2.06 bits per heavy atom. The Balaban J connectivity index is 2.35. The number of aliphatic hydroxyl groups is 3. The number of nitrogens with zero attached hydrogens (tertiary/aromatic N) is 1. The molecule has 1 aliphatic heterocycles. The van der Waals surface area contributed by atoms with Crippen LogP contribution in [0.15, 0.2) is 21.9 Å². The number of rotatable bonds is 2. The Morgan fingerprint density at radius 3 is 2.59 bits per heavy atom. The molecule has 2 rings (SSSR count). The zero-order valence-electron chi connectivity index (χ0n) is 8.68. The Morgan fingerprint density at radius 1 is 1.35 bits per heavy atom. The number of aromatic nitrogens is 2. The fraction of sp³-hybridized carbons (Fsp3) is 0.556. The molecule has 0 aliphatic carbocycles. The maximum Gasteiger partial charge on any atom is 0.330 e. The first-order chi connectivity index (χ1) is 8.04. The van der Waals surface area contributed by atoms with E-state index < -0.39 is 42.4 Å². The predicted octanol–water partition coefficient (Wildman–Crippen LogP) is -2.85. The first-order valence-electron chi connectivity index (χ1n) is 4.98. The summed E-state index contributed by atoms with van der Waals surface area (Å²) in [4.78, 5) is 24.3. The highest BCUT2D eigenvalue weighted by atomic mass is 16.6. The highest BCUT2D eigenvalue weighted by Crippen LogP contribution is 2.27. The topological polar surface area (TPSA) is 125 Å². The molecule has 1 fully saturated rings. The van der Waals surface area contributed by atoms with Crippen molar-refractivity contribution in [2.75, 3.05) is 6.61 Å². The van der Waals surface area contributed by atoms with Crippen molar-refractivity contribution in [3.63, 3.8) is 0 Å². The number of nitrogens with one attached hydrogen (secondary N) is 1. The van der Waals surface area contributed by atoms with Crippen molar-refractivity contribution < 1.29 is 20.1 Å². The zero-order chi connectivity index (χ0) is 12.6. The highest BCUT2D eigenvalue weighted by molar-refractivity contribution is 4.92. The maximum absolute atomic E-state index is 11.4. The first kappa shape index (κ1) is 12.0. The molecule has 1 aliphatic rings. The molecule has 4 atom stereocenters. The van der Waals surface area contributed by atoms with E-state index in [0.29, 0.717) is 0 Å². The molecule has 1 aromatic rings. The van der Waals surface area contributed by atoms with Gasteiger partial charge in [-0.1, -0.05) is 0 Å². The molecule has 0 radical (unpaired) electrons. The van der Waals surface area contributed by atoms with Crippen LogP contribution in [0.1, 0.15) is 6.23 Å². The van der Waals surface area contributed by atoms with E-state index in [1.165, 1.54) is 0 Å². The van der Waals surface area contributed by atoms with Gasteiger partial charge in [0, 0.05) is 12.3 Å². The molecule has 17 heavy (non-hydrogen) atoms. The van der Waals surface area contributed by atoms with Gasteiger partial charge in [-0.15, -0.1) is 0 Å². The van der Waals surface area contributed by atoms with Gasteiger partial charge in [-0.25, -0.2) is 4.79 Å². The van der Waals surface area contributed by atoms with Gasteiger partial charge in [0.25, 0.3) is 5.56 Å². The van der Waals surface area contributed by atoms with Gasteiger partial charge in [-0.3, -0.25) is 14.3 Å². The molecule has 0 saturated carbocycles. The molecule has 8 nitrogen and oxygen atoms in total. The first-order valence-corrected chi connectivity index (χ1v) is 4.98. The molecule has 0 amide bonds. The highest BCUT2D eigenvalue weighted by Gasteiger charge is 2.43. The van der Waals surface area contributed by atoms with Crippen LogP contribution >= 0.6 is 0 Å². The summed E-state index contributed by atoms with van der Waals surface area (Å²) >= 11 is 0. The molecule has 2 heterocycles. The molecule has 94 valence electrons. The molecule has 0 spiro atoms. The molecule has 0 aromatic carbocycles. The Bertz CT molecular complexity index is 509. The minimum absolute atomic E-state index is 0.479. The Kier molecular flexibility index (Phi) is 3.11. The smallest absolute Gasteiger partial charge is 0.330 e. The van der Waals surface area contributed by atoms with Crippen molar-refractivity contribution in [3.05, 3.63) is 33.1 Å². The summed E-state index contributed by atoms with van der Waals surface area (Å²) in [5.41, 5.74) is -1.33. The van der Waals surface area contributed by atoms with Crippen LogP contribution in [0.2, 0.25) is 0 Å². The zero-order valence-corrected chi connectivity index (χ0v) is 8.68. The van der Waals surface area contributed by atoms with E-state index in [-0.39, 0.29) is 0 Å². The minimum Gasteiger partial charge on any atom is -0.394 e. The quantitative estimate of drug-likeness (QED) is 0.417. The molecule has 4 N–H and O–H groups in total. The molecular weight excluding hydrogens is 235 g/mol. The Hall–Kier alpha value is -1.48. The van der Waals surface area contributed by atoms with Crippen LogP contribution < -0.4 is 11.2 Å². The number of hydrogen-bond donors (Lipinski definition) is 4. The van der Waals surface area contributed by atoms with Crippen LogP contribution in [0.3, 0.4) is 0 Å². The second kappa shape index (κ2) is 4.41. The van der Waals surface area contributed by atoms with Crippen molar-refractivity contribution in [1.82, 2.24) is 9.55 Å². The van der Waals surface area contributed by atoms with Crippen LogP contribution in [-0.4, -0.2) is 49.8 Å². The molecule has 0 unspecified atom stereocenters. The number of hydrogen-bond acceptors (Lipinski definition) is 6. The van der Waals surface area contributed by atoms with Crippen LogP contribution in [0.25, 0.3) is 0 Å². The van der Waals surface area contributed by atoms with Crippen molar-refractivity contribution in [3.8, 4) is 0 Å². The average Bonchev–Trinajstić information content (AvgIpc) is 2.57. The van der Waals surface area contributed by atoms with Crippen LogP contribution in [0.4, 0.5) is 0 Å². The molecule has 1 aromatic heterocycles. The second-order valence-corrected chi connectivity index (χ2v) is 3.75. The van der Waals surface area contributed by atoms with Crippen molar-refractivity contribution >= 4 is 0 Å². The van der Waals surface area contributed by atoms with Gasteiger partial charge in [-0.05, 0) is 0 Å². The van der Waals surface area contributed by atoms with Gasteiger partial charge in [0.2, 0.25) is 0 Å². The number of H-pyrrole nitrogens is 1. The summed E-state index contributed by atoms with van der Waals surface area (Å²) in [6, 6.07) is 1.09. The van der Waals surface area contributed by atoms with E-state index in [1.54, 1.807) is 0 Å². The van der Waals surface area contributed by atoms with E-state index in [0.717, 1.165) is 16.8 Å². The summed E-state index contributed by atoms with van der Waals surface area (Å²) < 4.78 is 6.08. The monoisotopic (exact) mass is 247 g/mol. The van der Waals surface area contributed by atoms with E-state index in [9.17, 15) is 19.8 Å². The van der Waals surface area contributed by atoms with E-state index >= 15 is 0 Å². The van der Waals surface area contributed by atoms with Crippen molar-refractivity contribution in [1.29, 1.82) is 0 Å². The minimum atomic E-state index is -1.35. The average molecular weight is 247 g/mol. The van der Waals surface area contributed by atoms with Gasteiger partial charge >= 0.3 is 5.69 Å². The molecule has 8 heteroatoms. The third kappa shape index (κ3) is 2.03. The van der Waals surface area contributed by atoms with Gasteiger partial charge in [0.1, 0.15) is 18.3 Å². The lowest BCUT2D eigenvalue weighted by molar-refractivity contribution is -0.0550. The largest absolute Gasteiger partial charge is 0.394 e. The summed E-state index contributed by atoms with van der Waals surface area (Å²) in [7, 11) is 0. The van der Waals surface area contributed by atoms with Gasteiger partial charge < -0.3 is 20.1 Å². The summed E-state index contributed by atoms with van der Waals surface area (Å²) in [6.45, 7) is -0.479. The fourth-order valence-electron chi connectivity index (χ4n) is 1.74. The lowest BCUT2D eigenvalue weighted by Crippen LogP contribution is -2.37. The van der Waals surface area contributed by atoms with Crippen molar-refractivity contribution in [2.45, 2.75) is 24.5 Å². The molecule has 1 saturated heterocycles. The standard InChI is InChI=1S/C9H12N2O6/c12-3-4-6(14)7(15)8(17-4)11-2-1-5(13)10-9(11)16/h1-2,4,6-8,12,14-15H,3H2,(H,10,13,16)/t4-,6-,7-,8-/m1/s1/i3+1,10+1,11+1. The van der Waals surface area contributed by atoms with E-state index in [4.69, 9.17) is 9.84 Å². The Labute approximate surface area is 94.7 Å². The van der Waals surface area contributed by atoms with Crippen LogP contribution in [-0.2, 0) is 4.74 Å². The fourth-order valence-corrected chi connectivity index (χ4v) is 1.74. The third-order valence-electron chi connectivity index (χ3n) is 2.64. The van der Waals surface area contributed by atoms with Crippen LogP contribution in [0.5, 0.6) is 0 Å². The maximum atomic E-state index is 11.4. The summed E-state index contributed by atoms with van der Waals surface area (Å²) in [5, 5.41) is 28.1. The van der Waals surface area contributed by atoms with Crippen molar-refractivity contribution in [2.24, 2.45) is 0 Å². The summed E-state index contributed by atoms with van der Waals surface area (Å²) in [5.74, 6) is 0. The molecule has 0 bridgehead atoms. The lowest BCUT2D eigenvalue weighted by atomic mass is 10.2.